The lowest BCUT2D eigenvalue weighted by Gasteiger charge is -1.91. The van der Waals surface area contributed by atoms with Crippen LogP contribution in [0.15, 0.2) is 17.4 Å². The maximum Gasteiger partial charge on any atom is 0.361 e. The van der Waals surface area contributed by atoms with Crippen LogP contribution < -0.4 is 11.5 Å². The second-order valence-electron chi connectivity index (χ2n) is 1.81. The summed E-state index contributed by atoms with van der Waals surface area (Å²) in [6.07, 6.45) is 2.12. The minimum Gasteiger partial charge on any atom is -0.333 e. The van der Waals surface area contributed by atoms with Crippen LogP contribution >= 0.6 is 0 Å². The zero-order chi connectivity index (χ0) is 7.56. The molecule has 1 rings (SSSR count). The summed E-state index contributed by atoms with van der Waals surface area (Å²) >= 11 is 0. The summed E-state index contributed by atoms with van der Waals surface area (Å²) in [5.74, 6) is 5.74. The van der Waals surface area contributed by atoms with E-state index < -0.39 is 5.69 Å². The smallest absolute Gasteiger partial charge is 0.333 e. The number of hydrogen-bond donors (Lipinski definition) is 2. The van der Waals surface area contributed by atoms with Gasteiger partial charge in [-0.05, 0) is 0 Å². The van der Waals surface area contributed by atoms with Gasteiger partial charge in [-0.15, -0.1) is 6.58 Å². The lowest BCUT2D eigenvalue weighted by Crippen LogP contribution is -2.26. The van der Waals surface area contributed by atoms with Gasteiger partial charge in [0.15, 0.2) is 5.82 Å². The standard InChI is InChI=1S/C5H8N4O/c1-2-3-4-7-8-5(10)9(4)6/h2H,1,3,6H2,(H,8,10). The molecule has 0 bridgehead atoms. The average molecular weight is 140 g/mol. The second-order valence-corrected chi connectivity index (χ2v) is 1.81. The number of nitrogens with two attached hydrogens (primary N) is 1. The van der Waals surface area contributed by atoms with Gasteiger partial charge in [0.25, 0.3) is 0 Å². The van der Waals surface area contributed by atoms with E-state index in [0.29, 0.717) is 12.2 Å². The molecule has 0 fully saturated rings. The molecule has 0 saturated heterocycles. The van der Waals surface area contributed by atoms with Crippen molar-refractivity contribution in [2.45, 2.75) is 6.42 Å². The summed E-state index contributed by atoms with van der Waals surface area (Å²) in [5.41, 5.74) is -0.406. The Morgan fingerprint density at radius 1 is 1.90 bits per heavy atom. The van der Waals surface area contributed by atoms with Crippen molar-refractivity contribution in [3.05, 3.63) is 29.0 Å². The number of H-pyrrole nitrogens is 1. The number of allylic oxidation sites excluding steroid dienone is 1. The summed E-state index contributed by atoms with van der Waals surface area (Å²) in [4.78, 5) is 10.6. The maximum atomic E-state index is 10.6. The highest BCUT2D eigenvalue weighted by Crippen LogP contribution is 1.85. The fraction of sp³-hybridized carbons (Fsp3) is 0.200. The van der Waals surface area contributed by atoms with Gasteiger partial charge >= 0.3 is 5.69 Å². The zero-order valence-electron chi connectivity index (χ0n) is 5.37. The number of hydrogen-bond acceptors (Lipinski definition) is 3. The van der Waals surface area contributed by atoms with Crippen LogP contribution in [-0.4, -0.2) is 14.9 Å². The van der Waals surface area contributed by atoms with Gasteiger partial charge in [-0.2, -0.15) is 9.77 Å². The van der Waals surface area contributed by atoms with Gasteiger partial charge in [-0.25, -0.2) is 9.89 Å². The number of nitrogens with zero attached hydrogens (tertiary/aromatic N) is 2. The van der Waals surface area contributed by atoms with Crippen LogP contribution in [-0.2, 0) is 6.42 Å². The predicted molar refractivity (Wildman–Crippen MR) is 36.9 cm³/mol. The summed E-state index contributed by atoms with van der Waals surface area (Å²) in [5, 5.41) is 5.84. The first-order valence-corrected chi connectivity index (χ1v) is 2.78. The Hall–Kier alpha value is -1.52. The lowest BCUT2D eigenvalue weighted by molar-refractivity contribution is 0.865. The summed E-state index contributed by atoms with van der Waals surface area (Å²) in [6, 6.07) is 0. The van der Waals surface area contributed by atoms with E-state index in [1.807, 2.05) is 0 Å². The molecule has 5 heteroatoms. The third-order valence-electron chi connectivity index (χ3n) is 1.10. The number of nitrogens with one attached hydrogen (secondary N) is 1. The third-order valence-corrected chi connectivity index (χ3v) is 1.10. The van der Waals surface area contributed by atoms with Crippen LogP contribution in [0.1, 0.15) is 5.82 Å². The maximum absolute atomic E-state index is 10.6. The Morgan fingerprint density at radius 3 is 3.00 bits per heavy atom. The van der Waals surface area contributed by atoms with Crippen molar-refractivity contribution in [2.75, 3.05) is 5.84 Å². The average Bonchev–Trinajstić information content (AvgIpc) is 2.20. The van der Waals surface area contributed by atoms with E-state index >= 15 is 0 Å². The molecule has 0 aliphatic heterocycles. The van der Waals surface area contributed by atoms with Crippen molar-refractivity contribution in [1.82, 2.24) is 14.9 Å². The van der Waals surface area contributed by atoms with Gasteiger partial charge in [0.05, 0.1) is 0 Å². The fourth-order valence-electron chi connectivity index (χ4n) is 0.610. The van der Waals surface area contributed by atoms with E-state index in [4.69, 9.17) is 5.84 Å². The molecule has 0 spiro atoms. The van der Waals surface area contributed by atoms with Crippen molar-refractivity contribution >= 4 is 0 Å². The number of aromatic nitrogens is 3. The molecule has 0 aromatic carbocycles. The van der Waals surface area contributed by atoms with Crippen molar-refractivity contribution in [2.24, 2.45) is 0 Å². The minimum absolute atomic E-state index is 0.406. The van der Waals surface area contributed by atoms with Crippen molar-refractivity contribution in [3.63, 3.8) is 0 Å². The molecule has 0 radical (unpaired) electrons. The largest absolute Gasteiger partial charge is 0.361 e. The van der Waals surface area contributed by atoms with Crippen molar-refractivity contribution in [3.8, 4) is 0 Å². The van der Waals surface area contributed by atoms with E-state index in [9.17, 15) is 4.79 Å². The quantitative estimate of drug-likeness (QED) is 0.409. The van der Waals surface area contributed by atoms with Crippen LogP contribution in [0.25, 0.3) is 0 Å². The van der Waals surface area contributed by atoms with E-state index in [1.165, 1.54) is 0 Å². The summed E-state index contributed by atoms with van der Waals surface area (Å²) in [7, 11) is 0. The van der Waals surface area contributed by atoms with E-state index in [2.05, 4.69) is 16.8 Å². The monoisotopic (exact) mass is 140 g/mol. The van der Waals surface area contributed by atoms with Crippen molar-refractivity contribution in [1.29, 1.82) is 0 Å². The molecule has 1 aromatic rings. The molecule has 0 atom stereocenters. The van der Waals surface area contributed by atoms with Crippen LogP contribution in [0.4, 0.5) is 0 Å². The molecule has 1 aromatic heterocycles. The molecule has 54 valence electrons. The van der Waals surface area contributed by atoms with Crippen LogP contribution in [0.5, 0.6) is 0 Å². The molecule has 0 amide bonds. The second kappa shape index (κ2) is 2.38. The Labute approximate surface area is 57.1 Å². The Morgan fingerprint density at radius 2 is 2.60 bits per heavy atom. The number of aromatic amines is 1. The van der Waals surface area contributed by atoms with Gasteiger partial charge < -0.3 is 5.84 Å². The topological polar surface area (TPSA) is 76.7 Å². The Kier molecular flexibility index (Phi) is 1.57. The normalized spacial score (nSPS) is 9.60. The van der Waals surface area contributed by atoms with Crippen LogP contribution in [0.2, 0.25) is 0 Å². The minimum atomic E-state index is -0.406. The Balaban J connectivity index is 3.05. The molecule has 0 saturated carbocycles. The molecule has 0 aliphatic carbocycles. The van der Waals surface area contributed by atoms with Gasteiger partial charge in [0, 0.05) is 6.42 Å². The fourth-order valence-corrected chi connectivity index (χ4v) is 0.610. The number of nitrogen functional groups attached to an aromatic ring is 1. The lowest BCUT2D eigenvalue weighted by atomic mass is 10.4. The van der Waals surface area contributed by atoms with Crippen LogP contribution in [0.3, 0.4) is 0 Å². The molecule has 10 heavy (non-hydrogen) atoms. The zero-order valence-corrected chi connectivity index (χ0v) is 5.37. The van der Waals surface area contributed by atoms with E-state index in [1.54, 1.807) is 6.08 Å². The summed E-state index contributed by atoms with van der Waals surface area (Å²) < 4.78 is 0.960. The highest BCUT2D eigenvalue weighted by molar-refractivity contribution is 4.92. The molecule has 3 N–H and O–H groups in total. The SMILES string of the molecule is C=CCc1n[nH]c(=O)n1N. The summed E-state index contributed by atoms with van der Waals surface area (Å²) in [6.45, 7) is 3.48. The van der Waals surface area contributed by atoms with Gasteiger partial charge in [0.2, 0.25) is 0 Å². The van der Waals surface area contributed by atoms with Gasteiger partial charge in [-0.3, -0.25) is 0 Å². The molecule has 0 unspecified atom stereocenters. The molecule has 5 nitrogen and oxygen atoms in total. The highest BCUT2D eigenvalue weighted by atomic mass is 16.2. The third kappa shape index (κ3) is 0.928. The Bertz CT molecular complexity index is 284. The van der Waals surface area contributed by atoms with E-state index in [-0.39, 0.29) is 0 Å². The van der Waals surface area contributed by atoms with E-state index in [0.717, 1.165) is 4.68 Å². The first-order valence-electron chi connectivity index (χ1n) is 2.78. The number of rotatable bonds is 2. The first kappa shape index (κ1) is 6.60. The van der Waals surface area contributed by atoms with Gasteiger partial charge in [0.1, 0.15) is 0 Å². The first-order chi connectivity index (χ1) is 4.75. The van der Waals surface area contributed by atoms with Crippen LogP contribution in [0, 0.1) is 0 Å². The van der Waals surface area contributed by atoms with Crippen molar-refractivity contribution < 1.29 is 0 Å². The predicted octanol–water partition coefficient (Wildman–Crippen LogP) is -0.986. The highest BCUT2D eigenvalue weighted by Gasteiger charge is 2.00. The molecule has 0 aliphatic rings. The molecular formula is C5H8N4O. The molecular weight excluding hydrogens is 132 g/mol. The molecule has 1 heterocycles. The van der Waals surface area contributed by atoms with Gasteiger partial charge in [-0.1, -0.05) is 6.08 Å².